The summed E-state index contributed by atoms with van der Waals surface area (Å²) in [7, 11) is 1.86. The van der Waals surface area contributed by atoms with E-state index in [1.54, 1.807) is 0 Å². The molecule has 0 spiro atoms. The maximum absolute atomic E-state index is 4.31. The molecule has 0 radical (unpaired) electrons. The van der Waals surface area contributed by atoms with E-state index in [4.69, 9.17) is 0 Å². The predicted molar refractivity (Wildman–Crippen MR) is 59.7 cm³/mol. The van der Waals surface area contributed by atoms with Crippen LogP contribution in [0.5, 0.6) is 0 Å². The molecule has 1 unspecified atom stereocenters. The first kappa shape index (κ1) is 10.8. The summed E-state index contributed by atoms with van der Waals surface area (Å²) in [5, 5.41) is 6.32. The van der Waals surface area contributed by atoms with Crippen molar-refractivity contribution in [3.8, 4) is 0 Å². The zero-order chi connectivity index (χ0) is 10.6. The van der Waals surface area contributed by atoms with Crippen LogP contribution in [0.3, 0.4) is 0 Å². The third-order valence-corrected chi connectivity index (χ3v) is 2.10. The van der Waals surface area contributed by atoms with Crippen LogP contribution >= 0.6 is 0 Å². The highest BCUT2D eigenvalue weighted by Crippen LogP contribution is 2.11. The van der Waals surface area contributed by atoms with Crippen LogP contribution in [0.1, 0.15) is 26.1 Å². The van der Waals surface area contributed by atoms with E-state index in [0.29, 0.717) is 6.04 Å². The van der Waals surface area contributed by atoms with Gasteiger partial charge in [0.25, 0.3) is 0 Å². The zero-order valence-corrected chi connectivity index (χ0v) is 9.26. The van der Waals surface area contributed by atoms with Crippen molar-refractivity contribution in [3.63, 3.8) is 0 Å². The van der Waals surface area contributed by atoms with Crippen LogP contribution in [-0.2, 0) is 0 Å². The second kappa shape index (κ2) is 4.79. The summed E-state index contributed by atoms with van der Waals surface area (Å²) in [5.74, 6) is 2.52. The molecular formula is C10H18N4. The van der Waals surface area contributed by atoms with Crippen molar-refractivity contribution in [1.82, 2.24) is 9.97 Å². The van der Waals surface area contributed by atoms with Gasteiger partial charge in [-0.3, -0.25) is 0 Å². The minimum absolute atomic E-state index is 0.439. The van der Waals surface area contributed by atoms with Crippen molar-refractivity contribution in [2.75, 3.05) is 17.7 Å². The topological polar surface area (TPSA) is 49.8 Å². The van der Waals surface area contributed by atoms with Gasteiger partial charge in [0.1, 0.15) is 17.5 Å². The number of aromatic nitrogens is 2. The predicted octanol–water partition coefficient (Wildman–Crippen LogP) is 2.04. The zero-order valence-electron chi connectivity index (χ0n) is 9.26. The van der Waals surface area contributed by atoms with Crippen LogP contribution in [0.15, 0.2) is 6.07 Å². The smallest absolute Gasteiger partial charge is 0.132 e. The number of anilines is 2. The van der Waals surface area contributed by atoms with Crippen LogP contribution < -0.4 is 10.6 Å². The fraction of sp³-hybridized carbons (Fsp3) is 0.600. The van der Waals surface area contributed by atoms with E-state index in [2.05, 4.69) is 34.4 Å². The molecule has 14 heavy (non-hydrogen) atoms. The molecule has 1 rings (SSSR count). The molecule has 4 nitrogen and oxygen atoms in total. The first-order chi connectivity index (χ1) is 6.65. The molecular weight excluding hydrogens is 176 g/mol. The number of hydrogen-bond donors (Lipinski definition) is 2. The Labute approximate surface area is 85.2 Å². The van der Waals surface area contributed by atoms with Gasteiger partial charge < -0.3 is 10.6 Å². The van der Waals surface area contributed by atoms with E-state index >= 15 is 0 Å². The lowest BCUT2D eigenvalue weighted by molar-refractivity contribution is 0.757. The summed E-state index contributed by atoms with van der Waals surface area (Å²) < 4.78 is 0. The molecule has 0 aliphatic carbocycles. The van der Waals surface area contributed by atoms with Crippen LogP contribution in [0.25, 0.3) is 0 Å². The largest absolute Gasteiger partial charge is 0.373 e. The van der Waals surface area contributed by atoms with Gasteiger partial charge in [-0.15, -0.1) is 0 Å². The summed E-state index contributed by atoms with van der Waals surface area (Å²) in [4.78, 5) is 8.53. The first-order valence-corrected chi connectivity index (χ1v) is 4.95. The lowest BCUT2D eigenvalue weighted by Crippen LogP contribution is -2.15. The van der Waals surface area contributed by atoms with Crippen molar-refractivity contribution in [2.24, 2.45) is 0 Å². The Bertz CT molecular complexity index is 298. The Balaban J connectivity index is 2.81. The van der Waals surface area contributed by atoms with E-state index < -0.39 is 0 Å². The fourth-order valence-electron chi connectivity index (χ4n) is 1.12. The van der Waals surface area contributed by atoms with Gasteiger partial charge >= 0.3 is 0 Å². The van der Waals surface area contributed by atoms with E-state index in [9.17, 15) is 0 Å². The SMILES string of the molecule is CCC(C)Nc1cc(NC)nc(C)n1. The Morgan fingerprint density at radius 3 is 2.57 bits per heavy atom. The number of nitrogens with one attached hydrogen (secondary N) is 2. The monoisotopic (exact) mass is 194 g/mol. The Hall–Kier alpha value is -1.32. The minimum atomic E-state index is 0.439. The molecule has 1 aromatic rings. The highest BCUT2D eigenvalue weighted by Gasteiger charge is 2.02. The standard InChI is InChI=1S/C10H18N4/c1-5-7(2)12-10-6-9(11-4)13-8(3)14-10/h6-7H,5H2,1-4H3,(H2,11,12,13,14). The van der Waals surface area contributed by atoms with Gasteiger partial charge in [0.2, 0.25) is 0 Å². The van der Waals surface area contributed by atoms with Crippen LogP contribution in [0, 0.1) is 6.92 Å². The van der Waals surface area contributed by atoms with Crippen molar-refractivity contribution in [1.29, 1.82) is 0 Å². The molecule has 1 aromatic heterocycles. The molecule has 0 bridgehead atoms. The Morgan fingerprint density at radius 2 is 2.00 bits per heavy atom. The van der Waals surface area contributed by atoms with Crippen molar-refractivity contribution >= 4 is 11.6 Å². The van der Waals surface area contributed by atoms with Gasteiger partial charge in [-0.25, -0.2) is 9.97 Å². The first-order valence-electron chi connectivity index (χ1n) is 4.95. The van der Waals surface area contributed by atoms with Gasteiger partial charge in [0.15, 0.2) is 0 Å². The Kier molecular flexibility index (Phi) is 3.68. The highest BCUT2D eigenvalue weighted by atomic mass is 15.1. The van der Waals surface area contributed by atoms with Crippen molar-refractivity contribution < 1.29 is 0 Å². The molecule has 0 saturated carbocycles. The van der Waals surface area contributed by atoms with E-state index in [-0.39, 0.29) is 0 Å². The quantitative estimate of drug-likeness (QED) is 0.770. The molecule has 1 heterocycles. The van der Waals surface area contributed by atoms with E-state index in [0.717, 1.165) is 23.9 Å². The third-order valence-electron chi connectivity index (χ3n) is 2.10. The summed E-state index contributed by atoms with van der Waals surface area (Å²) in [6, 6.07) is 2.35. The average molecular weight is 194 g/mol. The lowest BCUT2D eigenvalue weighted by atomic mass is 10.2. The molecule has 4 heteroatoms. The van der Waals surface area contributed by atoms with Crippen LogP contribution in [0.4, 0.5) is 11.6 Å². The van der Waals surface area contributed by atoms with Gasteiger partial charge in [-0.2, -0.15) is 0 Å². The van der Waals surface area contributed by atoms with Crippen molar-refractivity contribution in [2.45, 2.75) is 33.2 Å². The van der Waals surface area contributed by atoms with Crippen LogP contribution in [-0.4, -0.2) is 23.1 Å². The molecule has 0 aliphatic heterocycles. The summed E-state index contributed by atoms with van der Waals surface area (Å²) in [5.41, 5.74) is 0. The molecule has 0 saturated heterocycles. The van der Waals surface area contributed by atoms with Crippen LogP contribution in [0.2, 0.25) is 0 Å². The normalized spacial score (nSPS) is 12.3. The second-order valence-electron chi connectivity index (χ2n) is 3.39. The van der Waals surface area contributed by atoms with E-state index in [1.165, 1.54) is 0 Å². The molecule has 1 atom stereocenters. The highest BCUT2D eigenvalue weighted by molar-refractivity contribution is 5.47. The van der Waals surface area contributed by atoms with E-state index in [1.807, 2.05) is 20.0 Å². The molecule has 0 fully saturated rings. The summed E-state index contributed by atoms with van der Waals surface area (Å²) in [6.45, 7) is 6.17. The average Bonchev–Trinajstić information content (AvgIpc) is 2.16. The summed E-state index contributed by atoms with van der Waals surface area (Å²) >= 11 is 0. The maximum Gasteiger partial charge on any atom is 0.132 e. The van der Waals surface area contributed by atoms with Gasteiger partial charge in [0.05, 0.1) is 0 Å². The second-order valence-corrected chi connectivity index (χ2v) is 3.39. The number of aryl methyl sites for hydroxylation is 1. The van der Waals surface area contributed by atoms with Gasteiger partial charge in [0, 0.05) is 19.2 Å². The lowest BCUT2D eigenvalue weighted by Gasteiger charge is -2.13. The number of hydrogen-bond acceptors (Lipinski definition) is 4. The Morgan fingerprint density at radius 1 is 1.36 bits per heavy atom. The molecule has 78 valence electrons. The van der Waals surface area contributed by atoms with Crippen molar-refractivity contribution in [3.05, 3.63) is 11.9 Å². The molecule has 0 amide bonds. The number of rotatable bonds is 4. The van der Waals surface area contributed by atoms with Gasteiger partial charge in [-0.05, 0) is 20.3 Å². The molecule has 0 aromatic carbocycles. The number of nitrogens with zero attached hydrogens (tertiary/aromatic N) is 2. The minimum Gasteiger partial charge on any atom is -0.373 e. The molecule has 0 aliphatic rings. The third kappa shape index (κ3) is 2.87. The fourth-order valence-corrected chi connectivity index (χ4v) is 1.12. The summed E-state index contributed by atoms with van der Waals surface area (Å²) in [6.07, 6.45) is 1.08. The molecule has 2 N–H and O–H groups in total. The maximum atomic E-state index is 4.31. The van der Waals surface area contributed by atoms with Gasteiger partial charge in [-0.1, -0.05) is 6.92 Å².